The van der Waals surface area contributed by atoms with E-state index in [9.17, 15) is 9.59 Å². The van der Waals surface area contributed by atoms with Gasteiger partial charge in [0.15, 0.2) is 0 Å². The van der Waals surface area contributed by atoms with E-state index in [1.807, 2.05) is 16.9 Å². The molecule has 0 bridgehead atoms. The molecule has 9 nitrogen and oxygen atoms in total. The lowest BCUT2D eigenvalue weighted by Crippen LogP contribution is -2.40. The molecular weight excluding hydrogens is 316 g/mol. The summed E-state index contributed by atoms with van der Waals surface area (Å²) in [5, 5.41) is 4.23. The Hall–Kier alpha value is -2.13. The zero-order valence-corrected chi connectivity index (χ0v) is 13.2. The lowest BCUT2D eigenvalue weighted by Gasteiger charge is -2.21. The van der Waals surface area contributed by atoms with Crippen molar-refractivity contribution in [3.63, 3.8) is 0 Å². The largest absolute Gasteiger partial charge is 0.448 e. The summed E-state index contributed by atoms with van der Waals surface area (Å²) in [6, 6.07) is 1.92. The summed E-state index contributed by atoms with van der Waals surface area (Å²) < 4.78 is 18.6. The number of rotatable bonds is 3. The van der Waals surface area contributed by atoms with Gasteiger partial charge < -0.3 is 19.1 Å². The Bertz CT molecular complexity index is 591. The van der Waals surface area contributed by atoms with Gasteiger partial charge >= 0.3 is 6.09 Å². The molecule has 3 aliphatic heterocycles. The zero-order valence-electron chi connectivity index (χ0n) is 13.2. The molecule has 4 rings (SSSR count). The highest BCUT2D eigenvalue weighted by atomic mass is 16.6. The van der Waals surface area contributed by atoms with Crippen LogP contribution in [-0.2, 0) is 19.0 Å². The lowest BCUT2D eigenvalue weighted by atomic mass is 10.3. The molecule has 2 atom stereocenters. The van der Waals surface area contributed by atoms with Crippen molar-refractivity contribution in [3.05, 3.63) is 18.5 Å². The van der Waals surface area contributed by atoms with Crippen molar-refractivity contribution in [2.75, 3.05) is 46.0 Å². The Kier molecular flexibility index (Phi) is 4.11. The molecule has 3 saturated heterocycles. The van der Waals surface area contributed by atoms with Crippen LogP contribution in [0.5, 0.6) is 0 Å². The minimum absolute atomic E-state index is 0.0498. The number of carbonyl (C=O) groups is 2. The van der Waals surface area contributed by atoms with Gasteiger partial charge in [0.25, 0.3) is 0 Å². The molecule has 0 aliphatic carbocycles. The van der Waals surface area contributed by atoms with Crippen LogP contribution < -0.4 is 0 Å². The van der Waals surface area contributed by atoms with Crippen LogP contribution in [0.1, 0.15) is 6.04 Å². The summed E-state index contributed by atoms with van der Waals surface area (Å²) in [5.41, 5.74) is 0. The Labute approximate surface area is 139 Å². The molecule has 0 N–H and O–H groups in total. The predicted molar refractivity (Wildman–Crippen MR) is 80.2 cm³/mol. The van der Waals surface area contributed by atoms with Crippen LogP contribution in [0.3, 0.4) is 0 Å². The lowest BCUT2D eigenvalue weighted by molar-refractivity contribution is -0.131. The predicted octanol–water partition coefficient (Wildman–Crippen LogP) is -0.497. The van der Waals surface area contributed by atoms with Crippen LogP contribution in [-0.4, -0.2) is 89.8 Å². The molecule has 0 aromatic carbocycles. The van der Waals surface area contributed by atoms with Gasteiger partial charge in [-0.1, -0.05) is 0 Å². The number of amides is 2. The van der Waals surface area contributed by atoms with Crippen molar-refractivity contribution < 1.29 is 23.8 Å². The second-order valence-corrected chi connectivity index (χ2v) is 6.22. The van der Waals surface area contributed by atoms with Crippen molar-refractivity contribution in [2.24, 2.45) is 0 Å². The third kappa shape index (κ3) is 2.96. The first-order valence-corrected chi connectivity index (χ1v) is 8.12. The number of ether oxygens (including phenoxy) is 3. The zero-order chi connectivity index (χ0) is 16.5. The highest BCUT2D eigenvalue weighted by Crippen LogP contribution is 2.24. The summed E-state index contributed by atoms with van der Waals surface area (Å²) in [7, 11) is 0. The van der Waals surface area contributed by atoms with E-state index in [2.05, 4.69) is 5.10 Å². The summed E-state index contributed by atoms with van der Waals surface area (Å²) in [4.78, 5) is 26.9. The Morgan fingerprint density at radius 3 is 2.58 bits per heavy atom. The van der Waals surface area contributed by atoms with Crippen LogP contribution in [0.4, 0.5) is 4.79 Å². The van der Waals surface area contributed by atoms with Crippen molar-refractivity contribution in [1.29, 1.82) is 0 Å². The highest BCUT2D eigenvalue weighted by molar-refractivity contribution is 5.83. The molecule has 0 spiro atoms. The normalized spacial score (nSPS) is 27.9. The number of carbonyl (C=O) groups excluding carboxylic acids is 2. The number of hydrogen-bond acceptors (Lipinski definition) is 6. The maximum absolute atomic E-state index is 12.4. The average molecular weight is 336 g/mol. The highest BCUT2D eigenvalue weighted by Gasteiger charge is 2.40. The van der Waals surface area contributed by atoms with Crippen LogP contribution in [0.15, 0.2) is 18.5 Å². The first-order valence-electron chi connectivity index (χ1n) is 8.12. The summed E-state index contributed by atoms with van der Waals surface area (Å²) in [6.07, 6.45) is 2.92. The van der Waals surface area contributed by atoms with E-state index in [1.54, 1.807) is 11.1 Å². The minimum Gasteiger partial charge on any atom is -0.448 e. The van der Waals surface area contributed by atoms with Gasteiger partial charge in [0.1, 0.15) is 25.4 Å². The van der Waals surface area contributed by atoms with Crippen molar-refractivity contribution in [2.45, 2.75) is 18.2 Å². The number of aromatic nitrogens is 2. The summed E-state index contributed by atoms with van der Waals surface area (Å²) >= 11 is 0. The topological polar surface area (TPSA) is 86.1 Å². The van der Waals surface area contributed by atoms with Gasteiger partial charge in [0, 0.05) is 25.5 Å². The second kappa shape index (κ2) is 6.40. The van der Waals surface area contributed by atoms with Gasteiger partial charge in [0.2, 0.25) is 5.91 Å². The third-order valence-corrected chi connectivity index (χ3v) is 4.64. The Morgan fingerprint density at radius 1 is 1.25 bits per heavy atom. The van der Waals surface area contributed by atoms with Gasteiger partial charge in [-0.25, -0.2) is 4.79 Å². The SMILES string of the molecule is O=C(CN1CCOC1=O)N1C[C@@H]2OCC(n3cccn3)CO[C@H]2C1. The average Bonchev–Trinajstić information content (AvgIpc) is 3.29. The van der Waals surface area contributed by atoms with E-state index in [4.69, 9.17) is 14.2 Å². The maximum Gasteiger partial charge on any atom is 0.410 e. The van der Waals surface area contributed by atoms with Gasteiger partial charge in [-0.3, -0.25) is 14.4 Å². The maximum atomic E-state index is 12.4. The fourth-order valence-corrected chi connectivity index (χ4v) is 3.27. The Morgan fingerprint density at radius 2 is 2.00 bits per heavy atom. The van der Waals surface area contributed by atoms with Crippen LogP contribution in [0, 0.1) is 0 Å². The van der Waals surface area contributed by atoms with Crippen molar-refractivity contribution in [3.8, 4) is 0 Å². The number of hydrogen-bond donors (Lipinski definition) is 0. The molecule has 2 amide bonds. The summed E-state index contributed by atoms with van der Waals surface area (Å²) in [5.74, 6) is -0.0993. The molecule has 3 aliphatic rings. The smallest absolute Gasteiger partial charge is 0.410 e. The van der Waals surface area contributed by atoms with Crippen LogP contribution in [0.25, 0.3) is 0 Å². The standard InChI is InChI=1S/C15H20N4O5/c20-14(8-17-4-5-22-15(17)21)18-6-12-13(7-18)24-10-11(9-23-12)19-3-1-2-16-19/h1-3,11-13H,4-10H2/t12-,13-/m0/s1. The van der Waals surface area contributed by atoms with E-state index >= 15 is 0 Å². The third-order valence-electron chi connectivity index (χ3n) is 4.64. The molecular formula is C15H20N4O5. The molecule has 9 heteroatoms. The monoisotopic (exact) mass is 336 g/mol. The number of likely N-dealkylation sites (tertiary alicyclic amines) is 1. The first-order chi connectivity index (χ1) is 11.7. The van der Waals surface area contributed by atoms with Gasteiger partial charge in [-0.15, -0.1) is 0 Å². The van der Waals surface area contributed by atoms with E-state index in [1.165, 1.54) is 4.90 Å². The minimum atomic E-state index is -0.425. The quantitative estimate of drug-likeness (QED) is 0.740. The second-order valence-electron chi connectivity index (χ2n) is 6.22. The summed E-state index contributed by atoms with van der Waals surface area (Å²) in [6.45, 7) is 2.83. The molecule has 1 aromatic heterocycles. The van der Waals surface area contributed by atoms with Gasteiger partial charge in [-0.05, 0) is 6.07 Å². The van der Waals surface area contributed by atoms with E-state index in [-0.39, 0.29) is 30.7 Å². The molecule has 3 fully saturated rings. The molecule has 1 aromatic rings. The van der Waals surface area contributed by atoms with Crippen LogP contribution in [0.2, 0.25) is 0 Å². The van der Waals surface area contributed by atoms with Crippen molar-refractivity contribution >= 4 is 12.0 Å². The Balaban J connectivity index is 1.32. The van der Waals surface area contributed by atoms with E-state index < -0.39 is 6.09 Å². The molecule has 24 heavy (non-hydrogen) atoms. The van der Waals surface area contributed by atoms with E-state index in [0.29, 0.717) is 39.5 Å². The fourth-order valence-electron chi connectivity index (χ4n) is 3.27. The van der Waals surface area contributed by atoms with E-state index in [0.717, 1.165) is 0 Å². The molecule has 130 valence electrons. The fraction of sp³-hybridized carbons (Fsp3) is 0.667. The molecule has 0 saturated carbocycles. The molecule has 0 radical (unpaired) electrons. The number of cyclic esters (lactones) is 1. The number of fused-ring (bicyclic) bond motifs is 1. The van der Waals surface area contributed by atoms with Crippen LogP contribution >= 0.6 is 0 Å². The molecule has 0 unspecified atom stereocenters. The van der Waals surface area contributed by atoms with Gasteiger partial charge in [-0.2, -0.15) is 5.10 Å². The first kappa shape index (κ1) is 15.4. The number of nitrogens with zero attached hydrogens (tertiary/aromatic N) is 4. The van der Waals surface area contributed by atoms with Crippen molar-refractivity contribution in [1.82, 2.24) is 19.6 Å². The molecule has 4 heterocycles. The van der Waals surface area contributed by atoms with Gasteiger partial charge in [0.05, 0.1) is 25.8 Å².